The van der Waals surface area contributed by atoms with E-state index in [1.165, 1.54) is 11.1 Å². The highest BCUT2D eigenvalue weighted by Crippen LogP contribution is 2.19. The number of aryl methyl sites for hydroxylation is 2. The molecule has 0 saturated carbocycles. The zero-order chi connectivity index (χ0) is 14.1. The summed E-state index contributed by atoms with van der Waals surface area (Å²) in [5.74, 6) is -0.169. The number of benzene rings is 1. The summed E-state index contributed by atoms with van der Waals surface area (Å²) in [7, 11) is 1.83. The highest BCUT2D eigenvalue weighted by molar-refractivity contribution is 6.03. The molecule has 112 valence electrons. The van der Waals surface area contributed by atoms with Crippen molar-refractivity contribution in [3.8, 4) is 0 Å². The second-order valence-electron chi connectivity index (χ2n) is 5.16. The van der Waals surface area contributed by atoms with Gasteiger partial charge in [0, 0.05) is 25.0 Å². The average molecular weight is 307 g/mol. The van der Waals surface area contributed by atoms with Crippen LogP contribution in [0.4, 0.5) is 5.69 Å². The smallest absolute Gasteiger partial charge is 0.276 e. The van der Waals surface area contributed by atoms with E-state index in [0.29, 0.717) is 5.69 Å². The minimum atomic E-state index is -0.169. The maximum absolute atomic E-state index is 12.1. The van der Waals surface area contributed by atoms with Crippen molar-refractivity contribution in [2.75, 3.05) is 11.9 Å². The molecule has 0 atom stereocenters. The Kier molecular flexibility index (Phi) is 4.65. The maximum Gasteiger partial charge on any atom is 0.276 e. The highest BCUT2D eigenvalue weighted by atomic mass is 35.5. The van der Waals surface area contributed by atoms with E-state index in [-0.39, 0.29) is 18.3 Å². The van der Waals surface area contributed by atoms with Gasteiger partial charge in [0.2, 0.25) is 0 Å². The van der Waals surface area contributed by atoms with Crippen LogP contribution in [0.15, 0.2) is 24.3 Å². The van der Waals surface area contributed by atoms with Crippen LogP contribution in [0, 0.1) is 6.92 Å². The van der Waals surface area contributed by atoms with Crippen molar-refractivity contribution >= 4 is 24.0 Å². The minimum absolute atomic E-state index is 0. The van der Waals surface area contributed by atoms with E-state index in [0.717, 1.165) is 30.9 Å². The van der Waals surface area contributed by atoms with Crippen LogP contribution >= 0.6 is 12.4 Å². The number of nitrogens with zero attached hydrogens (tertiary/aromatic N) is 2. The minimum Gasteiger partial charge on any atom is -0.321 e. The van der Waals surface area contributed by atoms with Crippen molar-refractivity contribution in [2.45, 2.75) is 19.9 Å². The maximum atomic E-state index is 12.1. The van der Waals surface area contributed by atoms with Crippen LogP contribution in [-0.2, 0) is 20.0 Å². The van der Waals surface area contributed by atoms with Gasteiger partial charge in [-0.3, -0.25) is 9.48 Å². The van der Waals surface area contributed by atoms with Crippen molar-refractivity contribution in [3.63, 3.8) is 0 Å². The van der Waals surface area contributed by atoms with Crippen LogP contribution in [0.5, 0.6) is 0 Å². The molecular weight excluding hydrogens is 288 g/mol. The van der Waals surface area contributed by atoms with Gasteiger partial charge < -0.3 is 10.6 Å². The van der Waals surface area contributed by atoms with E-state index in [1.807, 2.05) is 26.1 Å². The lowest BCUT2D eigenvalue weighted by Gasteiger charge is -2.17. The highest BCUT2D eigenvalue weighted by Gasteiger charge is 2.13. The topological polar surface area (TPSA) is 59.0 Å². The summed E-state index contributed by atoms with van der Waals surface area (Å²) in [6.07, 6.45) is 1.04. The number of carbonyl (C=O) groups excluding carboxylic acids is 1. The van der Waals surface area contributed by atoms with E-state index in [4.69, 9.17) is 0 Å². The molecule has 1 amide bonds. The number of hydrogen-bond acceptors (Lipinski definition) is 3. The fraction of sp³-hybridized carbons (Fsp3) is 0.333. The quantitative estimate of drug-likeness (QED) is 0.893. The summed E-state index contributed by atoms with van der Waals surface area (Å²) in [6.45, 7) is 3.81. The van der Waals surface area contributed by atoms with Crippen LogP contribution in [0.25, 0.3) is 0 Å². The Morgan fingerprint density at radius 1 is 1.33 bits per heavy atom. The third-order valence-electron chi connectivity index (χ3n) is 3.70. The summed E-state index contributed by atoms with van der Waals surface area (Å²) >= 11 is 0. The SMILES string of the molecule is Cc1cc(C(=O)Nc2ccc3c(c2)CNCC3)nn1C.Cl. The first-order valence-corrected chi connectivity index (χ1v) is 6.78. The summed E-state index contributed by atoms with van der Waals surface area (Å²) in [6, 6.07) is 7.87. The molecule has 0 bridgehead atoms. The average Bonchev–Trinajstić information content (AvgIpc) is 2.79. The van der Waals surface area contributed by atoms with Gasteiger partial charge in [0.25, 0.3) is 5.91 Å². The fourth-order valence-electron chi connectivity index (χ4n) is 2.42. The first-order chi connectivity index (χ1) is 9.63. The molecule has 2 aromatic rings. The molecule has 0 fully saturated rings. The van der Waals surface area contributed by atoms with Gasteiger partial charge in [0.05, 0.1) is 0 Å². The van der Waals surface area contributed by atoms with Crippen molar-refractivity contribution < 1.29 is 4.79 Å². The van der Waals surface area contributed by atoms with Crippen LogP contribution in [0.1, 0.15) is 27.3 Å². The van der Waals surface area contributed by atoms with E-state index in [9.17, 15) is 4.79 Å². The largest absolute Gasteiger partial charge is 0.321 e. The van der Waals surface area contributed by atoms with Crippen molar-refractivity contribution in [1.82, 2.24) is 15.1 Å². The first-order valence-electron chi connectivity index (χ1n) is 6.78. The molecule has 0 radical (unpaired) electrons. The summed E-state index contributed by atoms with van der Waals surface area (Å²) in [5.41, 5.74) is 4.84. The Labute approximate surface area is 130 Å². The Balaban J connectivity index is 0.00000161. The number of hydrogen-bond donors (Lipinski definition) is 2. The number of amides is 1. The number of rotatable bonds is 2. The number of fused-ring (bicyclic) bond motifs is 1. The molecule has 2 N–H and O–H groups in total. The van der Waals surface area contributed by atoms with E-state index in [2.05, 4.69) is 21.8 Å². The zero-order valence-electron chi connectivity index (χ0n) is 12.1. The van der Waals surface area contributed by atoms with Gasteiger partial charge in [0.15, 0.2) is 5.69 Å². The number of aromatic nitrogens is 2. The molecule has 0 unspecified atom stereocenters. The third kappa shape index (κ3) is 3.25. The number of nitrogens with one attached hydrogen (secondary N) is 2. The molecule has 1 aliphatic heterocycles. The van der Waals surface area contributed by atoms with Gasteiger partial charge in [-0.05, 0) is 49.2 Å². The van der Waals surface area contributed by atoms with Gasteiger partial charge in [-0.15, -0.1) is 12.4 Å². The van der Waals surface area contributed by atoms with Gasteiger partial charge in [-0.1, -0.05) is 6.07 Å². The number of carbonyl (C=O) groups is 1. The Morgan fingerprint density at radius 2 is 2.14 bits per heavy atom. The number of halogens is 1. The standard InChI is InChI=1S/C15H18N4O.ClH/c1-10-7-14(18-19(10)2)15(20)17-13-4-3-11-5-6-16-9-12(11)8-13;/h3-4,7-8,16H,5-6,9H2,1-2H3,(H,17,20);1H. The summed E-state index contributed by atoms with van der Waals surface area (Å²) in [5, 5.41) is 10.4. The summed E-state index contributed by atoms with van der Waals surface area (Å²) < 4.78 is 1.70. The van der Waals surface area contributed by atoms with Crippen molar-refractivity contribution in [3.05, 3.63) is 46.8 Å². The Hall–Kier alpha value is -1.85. The fourth-order valence-corrected chi connectivity index (χ4v) is 2.42. The first kappa shape index (κ1) is 15.5. The molecule has 5 nitrogen and oxygen atoms in total. The van der Waals surface area contributed by atoms with Gasteiger partial charge in [0.1, 0.15) is 0 Å². The molecule has 0 saturated heterocycles. The monoisotopic (exact) mass is 306 g/mol. The van der Waals surface area contributed by atoms with Crippen LogP contribution in [0.3, 0.4) is 0 Å². The molecule has 1 aliphatic rings. The lowest BCUT2D eigenvalue weighted by atomic mass is 10.0. The normalized spacial score (nSPS) is 13.2. The van der Waals surface area contributed by atoms with E-state index in [1.54, 1.807) is 10.7 Å². The molecule has 2 heterocycles. The molecule has 21 heavy (non-hydrogen) atoms. The second kappa shape index (κ2) is 6.28. The van der Waals surface area contributed by atoms with Gasteiger partial charge in [-0.2, -0.15) is 5.10 Å². The Morgan fingerprint density at radius 3 is 2.86 bits per heavy atom. The van der Waals surface area contributed by atoms with Crippen LogP contribution < -0.4 is 10.6 Å². The van der Waals surface area contributed by atoms with Crippen LogP contribution in [-0.4, -0.2) is 22.2 Å². The van der Waals surface area contributed by atoms with Crippen LogP contribution in [0.2, 0.25) is 0 Å². The van der Waals surface area contributed by atoms with E-state index >= 15 is 0 Å². The van der Waals surface area contributed by atoms with Gasteiger partial charge >= 0.3 is 0 Å². The lowest BCUT2D eigenvalue weighted by molar-refractivity contribution is 0.102. The molecule has 1 aromatic heterocycles. The molecule has 0 aliphatic carbocycles. The van der Waals surface area contributed by atoms with Gasteiger partial charge in [-0.25, -0.2) is 0 Å². The van der Waals surface area contributed by atoms with Crippen molar-refractivity contribution in [2.24, 2.45) is 7.05 Å². The van der Waals surface area contributed by atoms with Crippen molar-refractivity contribution in [1.29, 1.82) is 0 Å². The zero-order valence-corrected chi connectivity index (χ0v) is 13.0. The molecule has 3 rings (SSSR count). The Bertz CT molecular complexity index is 646. The predicted octanol–water partition coefficient (Wildman–Crippen LogP) is 2.05. The third-order valence-corrected chi connectivity index (χ3v) is 3.70. The van der Waals surface area contributed by atoms with E-state index < -0.39 is 0 Å². The molecule has 0 spiro atoms. The summed E-state index contributed by atoms with van der Waals surface area (Å²) in [4.78, 5) is 12.1. The second-order valence-corrected chi connectivity index (χ2v) is 5.16. The number of anilines is 1. The molecule has 1 aromatic carbocycles. The predicted molar refractivity (Wildman–Crippen MR) is 85.0 cm³/mol. The molecular formula is C15H19ClN4O. The lowest BCUT2D eigenvalue weighted by Crippen LogP contribution is -2.23. The molecule has 6 heteroatoms.